The van der Waals surface area contributed by atoms with E-state index in [9.17, 15) is 18.7 Å². The summed E-state index contributed by atoms with van der Waals surface area (Å²) >= 11 is 0. The van der Waals surface area contributed by atoms with E-state index in [0.29, 0.717) is 23.7 Å². The molecule has 6 nitrogen and oxygen atoms in total. The predicted molar refractivity (Wildman–Crippen MR) is 134 cm³/mol. The Labute approximate surface area is 217 Å². The van der Waals surface area contributed by atoms with Gasteiger partial charge in [-0.1, -0.05) is 12.1 Å². The van der Waals surface area contributed by atoms with Crippen molar-refractivity contribution in [2.24, 2.45) is 40.4 Å². The number of halogens is 2. The highest BCUT2D eigenvalue weighted by Crippen LogP contribution is 2.68. The molecule has 4 fully saturated rings. The van der Waals surface area contributed by atoms with E-state index >= 15 is 0 Å². The number of methoxy groups -OCH3 is 1. The first kappa shape index (κ1) is 25.4. The molecular formula is C29H39F2N3O3. The fraction of sp³-hybridized carbons (Fsp3) is 0.759. The molecule has 1 aromatic heterocycles. The highest BCUT2D eigenvalue weighted by atomic mass is 19.2. The molecule has 4 aliphatic rings. The zero-order valence-corrected chi connectivity index (χ0v) is 22.2. The number of carbonyl (C=O) groups excluding carboxylic acids is 1. The van der Waals surface area contributed by atoms with Gasteiger partial charge < -0.3 is 9.84 Å². The Kier molecular flexibility index (Phi) is 6.03. The second-order valence-electron chi connectivity index (χ2n) is 13.1. The Hall–Kier alpha value is -1.93. The number of hydrogen-bond acceptors (Lipinski definition) is 5. The summed E-state index contributed by atoms with van der Waals surface area (Å²) in [5, 5.41) is 18.8. The number of ketones is 1. The number of carbonyl (C=O) groups is 1. The first-order chi connectivity index (χ1) is 17.6. The standard InChI is InChI=1S/C29H39F2N3O3/c1-27(36)12-13-29(16-37-3)17(14-27)4-5-18-19-6-7-21(28(19,2)11-10-20(18)29)24(35)15-34-26-23(32-33-34)9-8-22(30)25(26)31/h8-9,17-21,36H,4-7,10-16H2,1-3H3/t17?,18?,19-,20-,21?,27+,28?,29?/m0/s1. The molecule has 202 valence electrons. The summed E-state index contributed by atoms with van der Waals surface area (Å²) in [4.78, 5) is 13.7. The zero-order valence-electron chi connectivity index (χ0n) is 22.2. The molecule has 0 aliphatic heterocycles. The third-order valence-electron chi connectivity index (χ3n) is 11.3. The second-order valence-corrected chi connectivity index (χ2v) is 13.1. The molecule has 0 amide bonds. The third kappa shape index (κ3) is 3.80. The summed E-state index contributed by atoms with van der Waals surface area (Å²) in [6, 6.07) is 2.44. The number of nitrogens with zero attached hydrogens (tertiary/aromatic N) is 3. The summed E-state index contributed by atoms with van der Waals surface area (Å²) in [7, 11) is 1.81. The van der Waals surface area contributed by atoms with Crippen LogP contribution in [0.3, 0.4) is 0 Å². The van der Waals surface area contributed by atoms with E-state index in [0.717, 1.165) is 70.5 Å². The fourth-order valence-corrected chi connectivity index (χ4v) is 9.68. The van der Waals surface area contributed by atoms with Crippen LogP contribution in [0.1, 0.15) is 71.6 Å². The topological polar surface area (TPSA) is 77.2 Å². The Bertz CT molecular complexity index is 1210. The average molecular weight is 516 g/mol. The summed E-state index contributed by atoms with van der Waals surface area (Å²) < 4.78 is 35.5. The minimum Gasteiger partial charge on any atom is -0.390 e. The lowest BCUT2D eigenvalue weighted by Gasteiger charge is -2.62. The van der Waals surface area contributed by atoms with E-state index in [1.807, 2.05) is 14.0 Å². The zero-order chi connectivity index (χ0) is 26.2. The van der Waals surface area contributed by atoms with Gasteiger partial charge in [-0.2, -0.15) is 0 Å². The molecule has 8 heteroatoms. The molecule has 4 saturated carbocycles. The van der Waals surface area contributed by atoms with Crippen molar-refractivity contribution in [1.82, 2.24) is 15.0 Å². The second kappa shape index (κ2) is 8.80. The Morgan fingerprint density at radius 1 is 1.11 bits per heavy atom. The van der Waals surface area contributed by atoms with Crippen molar-refractivity contribution in [3.05, 3.63) is 23.8 Å². The molecule has 1 aromatic carbocycles. The van der Waals surface area contributed by atoms with E-state index < -0.39 is 17.2 Å². The maximum atomic E-state index is 14.5. The van der Waals surface area contributed by atoms with Crippen LogP contribution in [-0.2, 0) is 16.1 Å². The molecule has 2 aromatic rings. The first-order valence-electron chi connectivity index (χ1n) is 14.0. The summed E-state index contributed by atoms with van der Waals surface area (Å²) in [5.74, 6) is 0.0498. The molecule has 37 heavy (non-hydrogen) atoms. The minimum atomic E-state index is -1.00. The molecule has 0 radical (unpaired) electrons. The van der Waals surface area contributed by atoms with Crippen LogP contribution in [0.5, 0.6) is 0 Å². The largest absolute Gasteiger partial charge is 0.390 e. The molecule has 4 aliphatic carbocycles. The van der Waals surface area contributed by atoms with E-state index in [4.69, 9.17) is 4.74 Å². The molecule has 0 saturated heterocycles. The molecule has 1 heterocycles. The van der Waals surface area contributed by atoms with Crippen molar-refractivity contribution in [2.75, 3.05) is 13.7 Å². The lowest BCUT2D eigenvalue weighted by molar-refractivity contribution is -0.175. The molecule has 6 rings (SSSR count). The van der Waals surface area contributed by atoms with Crippen molar-refractivity contribution < 1.29 is 23.4 Å². The molecular weight excluding hydrogens is 476 g/mol. The molecule has 8 atom stereocenters. The van der Waals surface area contributed by atoms with E-state index in [1.165, 1.54) is 10.7 Å². The maximum absolute atomic E-state index is 14.5. The number of benzene rings is 1. The van der Waals surface area contributed by atoms with Crippen molar-refractivity contribution >= 4 is 16.8 Å². The number of rotatable bonds is 5. The van der Waals surface area contributed by atoms with Gasteiger partial charge in [0.2, 0.25) is 0 Å². The van der Waals surface area contributed by atoms with Crippen molar-refractivity contribution in [3.63, 3.8) is 0 Å². The van der Waals surface area contributed by atoms with Gasteiger partial charge in [0.05, 0.1) is 12.2 Å². The van der Waals surface area contributed by atoms with Gasteiger partial charge in [0, 0.05) is 13.0 Å². The van der Waals surface area contributed by atoms with E-state index in [1.54, 1.807) is 0 Å². The minimum absolute atomic E-state index is 0.0373. The monoisotopic (exact) mass is 515 g/mol. The number of ether oxygens (including phenoxy) is 1. The lowest BCUT2D eigenvalue weighted by Crippen LogP contribution is -2.58. The Morgan fingerprint density at radius 3 is 2.70 bits per heavy atom. The highest BCUT2D eigenvalue weighted by molar-refractivity contribution is 5.84. The van der Waals surface area contributed by atoms with Gasteiger partial charge in [-0.15, -0.1) is 5.10 Å². The average Bonchev–Trinajstić information content (AvgIpc) is 3.42. The van der Waals surface area contributed by atoms with Gasteiger partial charge in [-0.25, -0.2) is 13.5 Å². The van der Waals surface area contributed by atoms with Crippen LogP contribution < -0.4 is 0 Å². The van der Waals surface area contributed by atoms with Crippen molar-refractivity contribution in [1.29, 1.82) is 0 Å². The predicted octanol–water partition coefficient (Wildman–Crippen LogP) is 5.32. The smallest absolute Gasteiger partial charge is 0.186 e. The van der Waals surface area contributed by atoms with Gasteiger partial charge in [-0.05, 0) is 111 Å². The Morgan fingerprint density at radius 2 is 1.92 bits per heavy atom. The number of aromatic nitrogens is 3. The van der Waals surface area contributed by atoms with Crippen LogP contribution in [0.25, 0.3) is 11.0 Å². The summed E-state index contributed by atoms with van der Waals surface area (Å²) in [5.41, 5.74) is -0.347. The highest BCUT2D eigenvalue weighted by Gasteiger charge is 2.63. The van der Waals surface area contributed by atoms with Gasteiger partial charge in [0.15, 0.2) is 17.4 Å². The number of hydrogen-bond donors (Lipinski definition) is 1. The van der Waals surface area contributed by atoms with Gasteiger partial charge in [0.1, 0.15) is 17.6 Å². The molecule has 1 N–H and O–H groups in total. The quantitative estimate of drug-likeness (QED) is 0.584. The number of fused-ring (bicyclic) bond motifs is 6. The van der Waals surface area contributed by atoms with E-state index in [-0.39, 0.29) is 40.1 Å². The van der Waals surface area contributed by atoms with Crippen molar-refractivity contribution in [3.8, 4) is 0 Å². The summed E-state index contributed by atoms with van der Waals surface area (Å²) in [6.07, 6.45) is 8.88. The SMILES string of the molecule is COCC12CC[C@@](C)(O)CC1CCC1[C@@H]3CCC(C(=O)Cn4nnc5ccc(F)c(F)c54)C3(C)CC[C@@H]12. The van der Waals surface area contributed by atoms with Gasteiger partial charge in [0.25, 0.3) is 0 Å². The van der Waals surface area contributed by atoms with Crippen LogP contribution in [0, 0.1) is 52.1 Å². The lowest BCUT2D eigenvalue weighted by atomic mass is 9.43. The van der Waals surface area contributed by atoms with Crippen LogP contribution in [-0.4, -0.2) is 45.2 Å². The molecule has 0 bridgehead atoms. The van der Waals surface area contributed by atoms with E-state index in [2.05, 4.69) is 17.2 Å². The molecule has 0 spiro atoms. The summed E-state index contributed by atoms with van der Waals surface area (Å²) in [6.45, 7) is 4.95. The third-order valence-corrected chi connectivity index (χ3v) is 11.3. The van der Waals surface area contributed by atoms with Gasteiger partial charge >= 0.3 is 0 Å². The normalized spacial score (nSPS) is 41.3. The number of Topliss-reactive ketones (excluding diaryl/α,β-unsaturated/α-hetero) is 1. The van der Waals surface area contributed by atoms with Crippen LogP contribution >= 0.6 is 0 Å². The Balaban J connectivity index is 1.25. The molecule has 5 unspecified atom stereocenters. The van der Waals surface area contributed by atoms with Crippen molar-refractivity contribution in [2.45, 2.75) is 83.8 Å². The first-order valence-corrected chi connectivity index (χ1v) is 14.0. The van der Waals surface area contributed by atoms with Crippen LogP contribution in [0.4, 0.5) is 8.78 Å². The number of aliphatic hydroxyl groups is 1. The van der Waals surface area contributed by atoms with Crippen LogP contribution in [0.2, 0.25) is 0 Å². The fourth-order valence-electron chi connectivity index (χ4n) is 9.68. The van der Waals surface area contributed by atoms with Gasteiger partial charge in [-0.3, -0.25) is 4.79 Å². The maximum Gasteiger partial charge on any atom is 0.186 e. The van der Waals surface area contributed by atoms with Crippen LogP contribution in [0.15, 0.2) is 12.1 Å².